The molecular formula is C15H12F2N2O4. The molecule has 0 heterocycles. The highest BCUT2D eigenvalue weighted by Crippen LogP contribution is 2.23. The van der Waals surface area contributed by atoms with Crippen LogP contribution in [-0.4, -0.2) is 16.9 Å². The summed E-state index contributed by atoms with van der Waals surface area (Å²) in [5.74, 6) is -2.58. The topological polar surface area (TPSA) is 81.5 Å². The number of halogens is 2. The van der Waals surface area contributed by atoms with Gasteiger partial charge in [-0.15, -0.1) is 0 Å². The maximum atomic E-state index is 13.7. The first-order valence-corrected chi connectivity index (χ1v) is 6.54. The molecule has 120 valence electrons. The average molecular weight is 322 g/mol. The number of carbonyl (C=O) groups excluding carboxylic acids is 1. The molecule has 2 aromatic rings. The molecule has 0 saturated heterocycles. The Morgan fingerprint density at radius 3 is 2.52 bits per heavy atom. The largest absolute Gasteiger partial charge is 0.478 e. The Bertz CT molecular complexity index is 752. The summed E-state index contributed by atoms with van der Waals surface area (Å²) in [6, 6.07) is 8.36. The minimum atomic E-state index is -1.13. The molecule has 0 aliphatic rings. The number of rotatable bonds is 5. The summed E-state index contributed by atoms with van der Waals surface area (Å²) in [6.07, 6.45) is -1.13. The summed E-state index contributed by atoms with van der Waals surface area (Å²) in [7, 11) is 0. The van der Waals surface area contributed by atoms with Crippen molar-refractivity contribution in [3.05, 3.63) is 64.2 Å². The van der Waals surface area contributed by atoms with Gasteiger partial charge in [0.15, 0.2) is 17.7 Å². The number of nitrogens with zero attached hydrogens (tertiary/aromatic N) is 1. The van der Waals surface area contributed by atoms with Gasteiger partial charge >= 0.3 is 0 Å². The second-order valence-corrected chi connectivity index (χ2v) is 4.60. The van der Waals surface area contributed by atoms with E-state index >= 15 is 0 Å². The molecule has 0 aliphatic carbocycles. The van der Waals surface area contributed by atoms with Gasteiger partial charge in [0.25, 0.3) is 11.6 Å². The predicted molar refractivity (Wildman–Crippen MR) is 78.2 cm³/mol. The highest BCUT2D eigenvalue weighted by atomic mass is 19.1. The van der Waals surface area contributed by atoms with Gasteiger partial charge < -0.3 is 10.1 Å². The third-order valence-corrected chi connectivity index (χ3v) is 2.93. The van der Waals surface area contributed by atoms with Crippen molar-refractivity contribution in [3.8, 4) is 5.75 Å². The summed E-state index contributed by atoms with van der Waals surface area (Å²) < 4.78 is 32.3. The van der Waals surface area contributed by atoms with E-state index in [2.05, 4.69) is 5.32 Å². The summed E-state index contributed by atoms with van der Waals surface area (Å²) in [6.45, 7) is 1.34. The van der Waals surface area contributed by atoms with Crippen molar-refractivity contribution in [1.29, 1.82) is 0 Å². The van der Waals surface area contributed by atoms with E-state index in [4.69, 9.17) is 4.74 Å². The van der Waals surface area contributed by atoms with E-state index < -0.39 is 34.3 Å². The molecule has 1 atom stereocenters. The normalized spacial score (nSPS) is 11.6. The smallest absolute Gasteiger partial charge is 0.272 e. The number of amides is 1. The van der Waals surface area contributed by atoms with Crippen LogP contribution < -0.4 is 10.1 Å². The van der Waals surface area contributed by atoms with Crippen LogP contribution in [0, 0.1) is 21.7 Å². The van der Waals surface area contributed by atoms with E-state index in [1.807, 2.05) is 0 Å². The molecule has 0 saturated carbocycles. The second kappa shape index (κ2) is 6.82. The Morgan fingerprint density at radius 2 is 1.91 bits per heavy atom. The maximum Gasteiger partial charge on any atom is 0.272 e. The Kier molecular flexibility index (Phi) is 4.85. The minimum absolute atomic E-state index is 0.0304. The molecule has 6 nitrogen and oxygen atoms in total. The molecule has 0 spiro atoms. The molecule has 0 aromatic heterocycles. The molecule has 2 aromatic carbocycles. The highest BCUT2D eigenvalue weighted by molar-refractivity contribution is 5.94. The average Bonchev–Trinajstić information content (AvgIpc) is 2.51. The van der Waals surface area contributed by atoms with E-state index in [1.54, 1.807) is 6.07 Å². The summed E-state index contributed by atoms with van der Waals surface area (Å²) >= 11 is 0. The molecular weight excluding hydrogens is 310 g/mol. The van der Waals surface area contributed by atoms with Gasteiger partial charge in [-0.3, -0.25) is 14.9 Å². The SMILES string of the molecule is C[C@@H](Oc1ccc([N+](=O)[O-])cc1F)C(=O)Nc1ccccc1F. The van der Waals surface area contributed by atoms with Gasteiger partial charge in [-0.1, -0.05) is 12.1 Å². The second-order valence-electron chi connectivity index (χ2n) is 4.60. The fourth-order valence-corrected chi connectivity index (χ4v) is 1.74. The molecule has 2 rings (SSSR count). The highest BCUT2D eigenvalue weighted by Gasteiger charge is 2.19. The zero-order valence-electron chi connectivity index (χ0n) is 12.0. The third kappa shape index (κ3) is 4.00. The summed E-state index contributed by atoms with van der Waals surface area (Å²) in [5, 5.41) is 12.8. The third-order valence-electron chi connectivity index (χ3n) is 2.93. The van der Waals surface area contributed by atoms with Gasteiger partial charge in [0, 0.05) is 6.07 Å². The Morgan fingerprint density at radius 1 is 1.22 bits per heavy atom. The lowest BCUT2D eigenvalue weighted by Crippen LogP contribution is -2.30. The van der Waals surface area contributed by atoms with Gasteiger partial charge in [-0.05, 0) is 25.1 Å². The summed E-state index contributed by atoms with van der Waals surface area (Å²) in [5.41, 5.74) is -0.463. The van der Waals surface area contributed by atoms with Crippen molar-refractivity contribution in [2.24, 2.45) is 0 Å². The van der Waals surface area contributed by atoms with Crippen molar-refractivity contribution in [2.75, 3.05) is 5.32 Å². The van der Waals surface area contributed by atoms with Crippen LogP contribution in [0.5, 0.6) is 5.75 Å². The van der Waals surface area contributed by atoms with Gasteiger partial charge in [-0.25, -0.2) is 8.78 Å². The Labute approximate surface area is 129 Å². The zero-order chi connectivity index (χ0) is 17.0. The standard InChI is InChI=1S/C15H12F2N2O4/c1-9(15(20)18-13-5-3-2-4-11(13)16)23-14-7-6-10(19(21)22)8-12(14)17/h2-9H,1H3,(H,18,20)/t9-/m1/s1. The number of hydrogen-bond acceptors (Lipinski definition) is 4. The predicted octanol–water partition coefficient (Wildman–Crippen LogP) is 3.28. The fraction of sp³-hybridized carbons (Fsp3) is 0.133. The van der Waals surface area contributed by atoms with Crippen LogP contribution in [0.3, 0.4) is 0 Å². The van der Waals surface area contributed by atoms with E-state index in [1.165, 1.54) is 25.1 Å². The van der Waals surface area contributed by atoms with Crippen LogP contribution in [0.4, 0.5) is 20.2 Å². The number of benzene rings is 2. The first-order valence-electron chi connectivity index (χ1n) is 6.54. The van der Waals surface area contributed by atoms with Crippen LogP contribution in [0.25, 0.3) is 0 Å². The van der Waals surface area contributed by atoms with Crippen LogP contribution >= 0.6 is 0 Å². The van der Waals surface area contributed by atoms with Gasteiger partial charge in [0.1, 0.15) is 5.82 Å². The number of non-ortho nitro benzene ring substituents is 1. The fourth-order valence-electron chi connectivity index (χ4n) is 1.74. The van der Waals surface area contributed by atoms with Gasteiger partial charge in [0.2, 0.25) is 0 Å². The number of nitro benzene ring substituents is 1. The number of carbonyl (C=O) groups is 1. The quantitative estimate of drug-likeness (QED) is 0.676. The minimum Gasteiger partial charge on any atom is -0.478 e. The van der Waals surface area contributed by atoms with E-state index in [0.29, 0.717) is 6.07 Å². The van der Waals surface area contributed by atoms with E-state index in [-0.39, 0.29) is 11.4 Å². The van der Waals surface area contributed by atoms with Gasteiger partial charge in [-0.2, -0.15) is 0 Å². The molecule has 23 heavy (non-hydrogen) atoms. The number of anilines is 1. The molecule has 0 unspecified atom stereocenters. The van der Waals surface area contributed by atoms with Crippen molar-refractivity contribution in [1.82, 2.24) is 0 Å². The summed E-state index contributed by atoms with van der Waals surface area (Å²) in [4.78, 5) is 21.7. The Balaban J connectivity index is 2.07. The number of para-hydroxylation sites is 1. The van der Waals surface area contributed by atoms with Crippen molar-refractivity contribution >= 4 is 17.3 Å². The van der Waals surface area contributed by atoms with Crippen LogP contribution in [0.1, 0.15) is 6.92 Å². The first kappa shape index (κ1) is 16.3. The van der Waals surface area contributed by atoms with E-state index in [9.17, 15) is 23.7 Å². The van der Waals surface area contributed by atoms with Gasteiger partial charge in [0.05, 0.1) is 16.7 Å². The van der Waals surface area contributed by atoms with E-state index in [0.717, 1.165) is 12.1 Å². The molecule has 8 heteroatoms. The van der Waals surface area contributed by atoms with Crippen molar-refractivity contribution < 1.29 is 23.2 Å². The molecule has 1 amide bonds. The van der Waals surface area contributed by atoms with Crippen LogP contribution in [0.15, 0.2) is 42.5 Å². The molecule has 1 N–H and O–H groups in total. The molecule has 0 bridgehead atoms. The molecule has 0 radical (unpaired) electrons. The lowest BCUT2D eigenvalue weighted by molar-refractivity contribution is -0.385. The maximum absolute atomic E-state index is 13.7. The molecule has 0 fully saturated rings. The number of ether oxygens (including phenoxy) is 1. The first-order chi connectivity index (χ1) is 10.9. The number of hydrogen-bond donors (Lipinski definition) is 1. The van der Waals surface area contributed by atoms with Crippen LogP contribution in [-0.2, 0) is 4.79 Å². The number of nitro groups is 1. The van der Waals surface area contributed by atoms with Crippen molar-refractivity contribution in [3.63, 3.8) is 0 Å². The lowest BCUT2D eigenvalue weighted by atomic mass is 10.2. The van der Waals surface area contributed by atoms with Crippen LogP contribution in [0.2, 0.25) is 0 Å². The zero-order valence-corrected chi connectivity index (χ0v) is 12.0. The monoisotopic (exact) mass is 322 g/mol. The Hall–Kier alpha value is -3.03. The van der Waals surface area contributed by atoms with Crippen molar-refractivity contribution in [2.45, 2.75) is 13.0 Å². The molecule has 0 aliphatic heterocycles. The number of nitrogens with one attached hydrogen (secondary N) is 1. The lowest BCUT2D eigenvalue weighted by Gasteiger charge is -2.15.